The maximum atomic E-state index is 13.9. The molecule has 0 aromatic heterocycles. The number of nitrogens with two attached hydrogens (primary N) is 1. The second-order valence-electron chi connectivity index (χ2n) is 9.59. The SMILES string of the molecule is CC(C)[C@H](N)C(=O)OCC(=O)OCOC(C(=O)OC1CCCCCC1)(c1ccccc1)c1ccccc1. The number of rotatable bonds is 11. The van der Waals surface area contributed by atoms with Crippen LogP contribution in [0.2, 0.25) is 0 Å². The van der Waals surface area contributed by atoms with Crippen LogP contribution >= 0.6 is 0 Å². The van der Waals surface area contributed by atoms with Gasteiger partial charge in [-0.1, -0.05) is 87.4 Å². The summed E-state index contributed by atoms with van der Waals surface area (Å²) in [5.41, 5.74) is 5.18. The van der Waals surface area contributed by atoms with Gasteiger partial charge in [0.2, 0.25) is 5.60 Å². The third-order valence-electron chi connectivity index (χ3n) is 6.54. The minimum absolute atomic E-state index is 0.135. The zero-order valence-electron chi connectivity index (χ0n) is 21.6. The van der Waals surface area contributed by atoms with Crippen LogP contribution in [-0.2, 0) is 38.9 Å². The van der Waals surface area contributed by atoms with Crippen LogP contribution in [0.5, 0.6) is 0 Å². The third kappa shape index (κ3) is 7.63. The molecule has 200 valence electrons. The van der Waals surface area contributed by atoms with Crippen molar-refractivity contribution in [3.05, 3.63) is 71.8 Å². The normalized spacial score (nSPS) is 15.5. The summed E-state index contributed by atoms with van der Waals surface area (Å²) < 4.78 is 22.3. The van der Waals surface area contributed by atoms with E-state index in [9.17, 15) is 14.4 Å². The molecular formula is C29H37NO7. The molecule has 2 aromatic carbocycles. The number of esters is 3. The molecule has 1 aliphatic carbocycles. The monoisotopic (exact) mass is 511 g/mol. The molecule has 37 heavy (non-hydrogen) atoms. The van der Waals surface area contributed by atoms with Crippen LogP contribution in [0.15, 0.2) is 60.7 Å². The van der Waals surface area contributed by atoms with Crippen molar-refractivity contribution in [2.45, 2.75) is 70.1 Å². The quantitative estimate of drug-likeness (QED) is 0.206. The van der Waals surface area contributed by atoms with Gasteiger partial charge in [-0.3, -0.25) is 4.79 Å². The van der Waals surface area contributed by atoms with Gasteiger partial charge in [0.25, 0.3) is 0 Å². The minimum Gasteiger partial charge on any atom is -0.460 e. The Kier molecular flexibility index (Phi) is 10.7. The Morgan fingerprint density at radius 3 is 1.92 bits per heavy atom. The molecule has 3 rings (SSSR count). The molecule has 1 fully saturated rings. The summed E-state index contributed by atoms with van der Waals surface area (Å²) >= 11 is 0. The van der Waals surface area contributed by atoms with E-state index in [0.717, 1.165) is 38.5 Å². The smallest absolute Gasteiger partial charge is 0.348 e. The summed E-state index contributed by atoms with van der Waals surface area (Å²) in [6.07, 6.45) is 5.62. The number of hydrogen-bond acceptors (Lipinski definition) is 8. The highest BCUT2D eigenvalue weighted by Gasteiger charge is 2.46. The molecule has 0 saturated heterocycles. The lowest BCUT2D eigenvalue weighted by Crippen LogP contribution is -2.44. The predicted molar refractivity (Wildman–Crippen MR) is 137 cm³/mol. The van der Waals surface area contributed by atoms with Crippen molar-refractivity contribution in [2.24, 2.45) is 11.7 Å². The van der Waals surface area contributed by atoms with Crippen molar-refractivity contribution in [1.82, 2.24) is 0 Å². The van der Waals surface area contributed by atoms with Gasteiger partial charge in [0.15, 0.2) is 13.4 Å². The maximum absolute atomic E-state index is 13.9. The highest BCUT2D eigenvalue weighted by atomic mass is 16.7. The van der Waals surface area contributed by atoms with Gasteiger partial charge in [-0.05, 0) is 42.7 Å². The lowest BCUT2D eigenvalue weighted by atomic mass is 9.86. The van der Waals surface area contributed by atoms with E-state index in [1.54, 1.807) is 62.4 Å². The molecule has 1 saturated carbocycles. The van der Waals surface area contributed by atoms with Gasteiger partial charge in [0.1, 0.15) is 12.1 Å². The summed E-state index contributed by atoms with van der Waals surface area (Å²) in [5.74, 6) is -2.22. The second-order valence-corrected chi connectivity index (χ2v) is 9.59. The van der Waals surface area contributed by atoms with Crippen LogP contribution in [-0.4, -0.2) is 43.5 Å². The number of carbonyl (C=O) groups is 3. The van der Waals surface area contributed by atoms with Gasteiger partial charge in [0.05, 0.1) is 0 Å². The molecule has 0 bridgehead atoms. The molecule has 0 amide bonds. The average Bonchev–Trinajstić information content (AvgIpc) is 3.19. The lowest BCUT2D eigenvalue weighted by Gasteiger charge is -2.33. The zero-order valence-corrected chi connectivity index (χ0v) is 21.6. The van der Waals surface area contributed by atoms with E-state index in [1.807, 2.05) is 12.1 Å². The Balaban J connectivity index is 1.80. The molecule has 8 nitrogen and oxygen atoms in total. The Bertz CT molecular complexity index is 962. The molecular weight excluding hydrogens is 474 g/mol. The van der Waals surface area contributed by atoms with Crippen LogP contribution in [0.3, 0.4) is 0 Å². The van der Waals surface area contributed by atoms with Gasteiger partial charge in [-0.25, -0.2) is 9.59 Å². The van der Waals surface area contributed by atoms with Crippen LogP contribution in [0.1, 0.15) is 63.5 Å². The fourth-order valence-corrected chi connectivity index (χ4v) is 4.29. The third-order valence-corrected chi connectivity index (χ3v) is 6.54. The molecule has 0 unspecified atom stereocenters. The molecule has 2 aromatic rings. The Hall–Kier alpha value is -3.23. The number of carbonyl (C=O) groups excluding carboxylic acids is 3. The van der Waals surface area contributed by atoms with Crippen molar-refractivity contribution >= 4 is 17.9 Å². The first-order valence-electron chi connectivity index (χ1n) is 12.9. The van der Waals surface area contributed by atoms with E-state index < -0.39 is 43.0 Å². The van der Waals surface area contributed by atoms with Gasteiger partial charge in [-0.2, -0.15) is 0 Å². The second kappa shape index (κ2) is 13.9. The lowest BCUT2D eigenvalue weighted by molar-refractivity contribution is -0.196. The molecule has 0 radical (unpaired) electrons. The number of ether oxygens (including phenoxy) is 4. The molecule has 0 spiro atoms. The Labute approximate surface area is 218 Å². The van der Waals surface area contributed by atoms with Crippen molar-refractivity contribution in [3.8, 4) is 0 Å². The van der Waals surface area contributed by atoms with E-state index >= 15 is 0 Å². The van der Waals surface area contributed by atoms with E-state index in [2.05, 4.69) is 0 Å². The molecule has 2 N–H and O–H groups in total. The van der Waals surface area contributed by atoms with Crippen LogP contribution in [0, 0.1) is 5.92 Å². The molecule has 0 heterocycles. The fraction of sp³-hybridized carbons (Fsp3) is 0.483. The van der Waals surface area contributed by atoms with E-state index in [4.69, 9.17) is 24.7 Å². The van der Waals surface area contributed by atoms with Crippen molar-refractivity contribution in [1.29, 1.82) is 0 Å². The summed E-state index contributed by atoms with van der Waals surface area (Å²) in [5, 5.41) is 0. The summed E-state index contributed by atoms with van der Waals surface area (Å²) in [6, 6.07) is 17.2. The minimum atomic E-state index is -1.66. The van der Waals surface area contributed by atoms with Gasteiger partial charge < -0.3 is 24.7 Å². The van der Waals surface area contributed by atoms with Gasteiger partial charge in [0, 0.05) is 0 Å². The Morgan fingerprint density at radius 2 is 1.41 bits per heavy atom. The summed E-state index contributed by atoms with van der Waals surface area (Å²) in [4.78, 5) is 38.1. The molecule has 0 aliphatic heterocycles. The fourth-order valence-electron chi connectivity index (χ4n) is 4.29. The largest absolute Gasteiger partial charge is 0.460 e. The van der Waals surface area contributed by atoms with Gasteiger partial charge in [-0.15, -0.1) is 0 Å². The van der Waals surface area contributed by atoms with Crippen molar-refractivity contribution in [3.63, 3.8) is 0 Å². The first-order chi connectivity index (χ1) is 17.8. The summed E-state index contributed by atoms with van der Waals surface area (Å²) in [6.45, 7) is 2.38. The number of benzene rings is 2. The standard InChI is InChI=1S/C29H37NO7/c1-21(2)26(30)27(32)34-19-25(31)35-20-36-29(22-13-7-5-8-14-22,23-15-9-6-10-16-23)28(33)37-24-17-11-3-4-12-18-24/h5-10,13-16,21,24,26H,3-4,11-12,17-20,30H2,1-2H3/t26-/m0/s1. The first-order valence-corrected chi connectivity index (χ1v) is 12.9. The highest BCUT2D eigenvalue weighted by molar-refractivity contribution is 5.86. The van der Waals surface area contributed by atoms with E-state index in [0.29, 0.717) is 11.1 Å². The molecule has 1 atom stereocenters. The van der Waals surface area contributed by atoms with Crippen molar-refractivity contribution < 1.29 is 33.3 Å². The molecule has 1 aliphatic rings. The van der Waals surface area contributed by atoms with Crippen LogP contribution in [0.4, 0.5) is 0 Å². The van der Waals surface area contributed by atoms with E-state index in [1.165, 1.54) is 0 Å². The average molecular weight is 512 g/mol. The van der Waals surface area contributed by atoms with Gasteiger partial charge >= 0.3 is 17.9 Å². The van der Waals surface area contributed by atoms with E-state index in [-0.39, 0.29) is 12.0 Å². The van der Waals surface area contributed by atoms with Crippen molar-refractivity contribution in [2.75, 3.05) is 13.4 Å². The first kappa shape index (κ1) is 28.3. The Morgan fingerprint density at radius 1 is 0.865 bits per heavy atom. The van der Waals surface area contributed by atoms with Crippen LogP contribution < -0.4 is 5.73 Å². The zero-order chi connectivity index (χ0) is 26.7. The highest BCUT2D eigenvalue weighted by Crippen LogP contribution is 2.36. The van der Waals surface area contributed by atoms with Crippen LogP contribution in [0.25, 0.3) is 0 Å². The molecule has 8 heteroatoms. The maximum Gasteiger partial charge on any atom is 0.348 e. The predicted octanol–water partition coefficient (Wildman–Crippen LogP) is 4.24. The number of hydrogen-bond donors (Lipinski definition) is 1. The topological polar surface area (TPSA) is 114 Å². The summed E-state index contributed by atoms with van der Waals surface area (Å²) in [7, 11) is 0.